The lowest BCUT2D eigenvalue weighted by molar-refractivity contribution is 0.977. The Balaban J connectivity index is 2.21. The van der Waals surface area contributed by atoms with Gasteiger partial charge in [0.25, 0.3) is 0 Å². The Labute approximate surface area is 118 Å². The van der Waals surface area contributed by atoms with Crippen molar-refractivity contribution in [3.63, 3.8) is 0 Å². The molecule has 5 heteroatoms. The monoisotopic (exact) mass is 292 g/mol. The molecule has 18 heavy (non-hydrogen) atoms. The standard InChI is InChI=1S/C13H12N2S3/c1-7-6-17-12-10(7)8(2)11(18-12)9-4-5-14-13(15-9)16-3/h4-6H,1-3H3. The molecule has 0 fully saturated rings. The third-order valence-corrected chi connectivity index (χ3v) is 6.00. The van der Waals surface area contributed by atoms with E-state index in [0.717, 1.165) is 10.9 Å². The van der Waals surface area contributed by atoms with Gasteiger partial charge >= 0.3 is 0 Å². The summed E-state index contributed by atoms with van der Waals surface area (Å²) in [7, 11) is 0. The number of hydrogen-bond acceptors (Lipinski definition) is 5. The summed E-state index contributed by atoms with van der Waals surface area (Å²) in [5, 5.41) is 4.47. The maximum Gasteiger partial charge on any atom is 0.187 e. The lowest BCUT2D eigenvalue weighted by atomic mass is 10.1. The van der Waals surface area contributed by atoms with Gasteiger partial charge < -0.3 is 0 Å². The first kappa shape index (κ1) is 12.1. The van der Waals surface area contributed by atoms with Crippen LogP contribution in [0.4, 0.5) is 0 Å². The van der Waals surface area contributed by atoms with E-state index >= 15 is 0 Å². The van der Waals surface area contributed by atoms with E-state index in [0.29, 0.717) is 0 Å². The molecule has 0 bridgehead atoms. The van der Waals surface area contributed by atoms with Gasteiger partial charge in [-0.15, -0.1) is 22.7 Å². The Morgan fingerprint density at radius 2 is 2.11 bits per heavy atom. The van der Waals surface area contributed by atoms with Crippen molar-refractivity contribution in [3.05, 3.63) is 28.8 Å². The largest absolute Gasteiger partial charge is 0.231 e. The molecule has 0 saturated carbocycles. The van der Waals surface area contributed by atoms with Gasteiger partial charge in [0.1, 0.15) is 0 Å². The second-order valence-corrected chi connectivity index (χ2v) is 7.00. The van der Waals surface area contributed by atoms with Crippen LogP contribution in [0.2, 0.25) is 0 Å². The molecule has 0 aliphatic carbocycles. The number of thiophene rings is 2. The minimum absolute atomic E-state index is 0.834. The highest BCUT2D eigenvalue weighted by Gasteiger charge is 2.14. The highest BCUT2D eigenvalue weighted by atomic mass is 32.2. The highest BCUT2D eigenvalue weighted by molar-refractivity contribution is 7.98. The van der Waals surface area contributed by atoms with E-state index < -0.39 is 0 Å². The van der Waals surface area contributed by atoms with Crippen LogP contribution in [0.25, 0.3) is 20.0 Å². The molecule has 0 unspecified atom stereocenters. The third kappa shape index (κ3) is 1.86. The molecular formula is C13H12N2S3. The molecule has 0 saturated heterocycles. The van der Waals surface area contributed by atoms with E-state index in [2.05, 4.69) is 29.2 Å². The first-order valence-electron chi connectivity index (χ1n) is 5.55. The number of aryl methyl sites for hydroxylation is 2. The second kappa shape index (κ2) is 4.64. The smallest absolute Gasteiger partial charge is 0.187 e. The van der Waals surface area contributed by atoms with Crippen LogP contribution >= 0.6 is 34.4 Å². The zero-order valence-electron chi connectivity index (χ0n) is 10.4. The molecule has 0 N–H and O–H groups in total. The van der Waals surface area contributed by atoms with Crippen molar-refractivity contribution < 1.29 is 0 Å². The molecule has 0 spiro atoms. The molecule has 0 aliphatic rings. The zero-order valence-corrected chi connectivity index (χ0v) is 12.8. The summed E-state index contributed by atoms with van der Waals surface area (Å²) in [5.41, 5.74) is 3.76. The molecule has 0 radical (unpaired) electrons. The highest BCUT2D eigenvalue weighted by Crippen LogP contribution is 2.42. The Morgan fingerprint density at radius 1 is 1.28 bits per heavy atom. The Bertz CT molecular complexity index is 712. The summed E-state index contributed by atoms with van der Waals surface area (Å²) in [6.45, 7) is 4.37. The summed E-state index contributed by atoms with van der Waals surface area (Å²) in [5.74, 6) is 0. The van der Waals surface area contributed by atoms with Crippen LogP contribution < -0.4 is 0 Å². The van der Waals surface area contributed by atoms with Crippen LogP contribution in [0.15, 0.2) is 22.8 Å². The average Bonchev–Trinajstić information content (AvgIpc) is 2.91. The molecular weight excluding hydrogens is 280 g/mol. The summed E-state index contributed by atoms with van der Waals surface area (Å²) in [4.78, 5) is 10.1. The van der Waals surface area contributed by atoms with Crippen LogP contribution in [0.1, 0.15) is 11.1 Å². The number of nitrogens with zero attached hydrogens (tertiary/aromatic N) is 2. The zero-order chi connectivity index (χ0) is 12.7. The van der Waals surface area contributed by atoms with Gasteiger partial charge in [-0.2, -0.15) is 0 Å². The first-order valence-corrected chi connectivity index (χ1v) is 8.47. The fourth-order valence-electron chi connectivity index (χ4n) is 2.04. The van der Waals surface area contributed by atoms with E-state index in [1.54, 1.807) is 11.8 Å². The quantitative estimate of drug-likeness (QED) is 0.503. The van der Waals surface area contributed by atoms with Crippen molar-refractivity contribution in [2.24, 2.45) is 0 Å². The topological polar surface area (TPSA) is 25.8 Å². The Morgan fingerprint density at radius 3 is 2.83 bits per heavy atom. The molecule has 3 aromatic heterocycles. The summed E-state index contributed by atoms with van der Waals surface area (Å²) < 4.78 is 1.39. The summed E-state index contributed by atoms with van der Waals surface area (Å²) >= 11 is 5.24. The Hall–Kier alpha value is -0.910. The average molecular weight is 292 g/mol. The maximum absolute atomic E-state index is 4.59. The molecule has 0 aromatic carbocycles. The fourth-order valence-corrected chi connectivity index (χ4v) is 4.89. The van der Waals surface area contributed by atoms with E-state index in [-0.39, 0.29) is 0 Å². The molecule has 3 aromatic rings. The molecule has 3 heterocycles. The van der Waals surface area contributed by atoms with Crippen LogP contribution in [0, 0.1) is 13.8 Å². The summed E-state index contributed by atoms with van der Waals surface area (Å²) in [6.07, 6.45) is 3.84. The van der Waals surface area contributed by atoms with Crippen molar-refractivity contribution in [1.29, 1.82) is 0 Å². The van der Waals surface area contributed by atoms with Gasteiger partial charge in [-0.05, 0) is 42.7 Å². The van der Waals surface area contributed by atoms with Crippen molar-refractivity contribution in [1.82, 2.24) is 9.97 Å². The lowest BCUT2D eigenvalue weighted by Gasteiger charge is -2.01. The number of aromatic nitrogens is 2. The van der Waals surface area contributed by atoms with Crippen LogP contribution in [0.3, 0.4) is 0 Å². The predicted octanol–water partition coefficient (Wildman–Crippen LogP) is 4.76. The van der Waals surface area contributed by atoms with Gasteiger partial charge in [0, 0.05) is 11.6 Å². The summed E-state index contributed by atoms with van der Waals surface area (Å²) in [6, 6.07) is 2.00. The van der Waals surface area contributed by atoms with Gasteiger partial charge in [0.05, 0.1) is 14.6 Å². The first-order chi connectivity index (χ1) is 8.70. The van der Waals surface area contributed by atoms with Crippen LogP contribution in [0.5, 0.6) is 0 Å². The van der Waals surface area contributed by atoms with Gasteiger partial charge in [0.15, 0.2) is 5.16 Å². The van der Waals surface area contributed by atoms with E-state index in [4.69, 9.17) is 0 Å². The van der Waals surface area contributed by atoms with Crippen molar-refractivity contribution in [2.45, 2.75) is 19.0 Å². The minimum atomic E-state index is 0.834. The predicted molar refractivity (Wildman–Crippen MR) is 82.0 cm³/mol. The van der Waals surface area contributed by atoms with Crippen molar-refractivity contribution >= 4 is 43.8 Å². The third-order valence-electron chi connectivity index (χ3n) is 2.90. The molecule has 92 valence electrons. The minimum Gasteiger partial charge on any atom is -0.231 e. The molecule has 2 nitrogen and oxygen atoms in total. The maximum atomic E-state index is 4.59. The van der Waals surface area contributed by atoms with Crippen LogP contribution in [-0.2, 0) is 0 Å². The molecule has 0 aliphatic heterocycles. The fraction of sp³-hybridized carbons (Fsp3) is 0.231. The van der Waals surface area contributed by atoms with E-state index in [1.807, 2.05) is 41.2 Å². The van der Waals surface area contributed by atoms with E-state index in [1.165, 1.54) is 25.4 Å². The molecule has 0 amide bonds. The van der Waals surface area contributed by atoms with Crippen molar-refractivity contribution in [2.75, 3.05) is 6.26 Å². The lowest BCUT2D eigenvalue weighted by Crippen LogP contribution is -1.88. The second-order valence-electron chi connectivity index (χ2n) is 4.07. The van der Waals surface area contributed by atoms with Gasteiger partial charge in [-0.1, -0.05) is 11.8 Å². The van der Waals surface area contributed by atoms with E-state index in [9.17, 15) is 0 Å². The molecule has 0 atom stereocenters. The van der Waals surface area contributed by atoms with Crippen molar-refractivity contribution in [3.8, 4) is 10.6 Å². The Kier molecular flexibility index (Phi) is 3.13. The van der Waals surface area contributed by atoms with Gasteiger partial charge in [-0.25, -0.2) is 9.97 Å². The van der Waals surface area contributed by atoms with Gasteiger partial charge in [0.2, 0.25) is 0 Å². The number of hydrogen-bond donors (Lipinski definition) is 0. The molecule has 3 rings (SSSR count). The number of rotatable bonds is 2. The number of fused-ring (bicyclic) bond motifs is 1. The van der Waals surface area contributed by atoms with Gasteiger partial charge in [-0.3, -0.25) is 0 Å². The van der Waals surface area contributed by atoms with Crippen LogP contribution in [-0.4, -0.2) is 16.2 Å². The number of thioether (sulfide) groups is 1. The SMILES string of the molecule is CSc1nccc(-c2sc3scc(C)c3c2C)n1. The normalized spacial score (nSPS) is 11.3.